The first-order valence-electron chi connectivity index (χ1n) is 24.2. The third-order valence-electron chi connectivity index (χ3n) is 18.2. The lowest BCUT2D eigenvalue weighted by molar-refractivity contribution is 0.193. The van der Waals surface area contributed by atoms with Crippen molar-refractivity contribution in [2.75, 3.05) is 14.7 Å². The Bertz CT molecular complexity index is 2770. The molecule has 62 heavy (non-hydrogen) atoms. The Morgan fingerprint density at radius 3 is 1.77 bits per heavy atom. The molecule has 2 aliphatic carbocycles. The molecule has 4 atom stereocenters. The van der Waals surface area contributed by atoms with Gasteiger partial charge in [-0.3, -0.25) is 0 Å². The molecule has 0 spiro atoms. The molecule has 3 nitrogen and oxygen atoms in total. The van der Waals surface area contributed by atoms with Crippen LogP contribution in [0.2, 0.25) is 0 Å². The summed E-state index contributed by atoms with van der Waals surface area (Å²) in [5, 5.41) is 0. The van der Waals surface area contributed by atoms with E-state index >= 15 is 0 Å². The second-order valence-electron chi connectivity index (χ2n) is 23.9. The van der Waals surface area contributed by atoms with Gasteiger partial charge in [-0.25, -0.2) is 0 Å². The molecule has 2 saturated carbocycles. The Morgan fingerprint density at radius 1 is 0.500 bits per heavy atom. The van der Waals surface area contributed by atoms with E-state index in [1.54, 1.807) is 16.6 Å². The van der Waals surface area contributed by atoms with Gasteiger partial charge in [0.1, 0.15) is 0 Å². The first kappa shape index (κ1) is 40.3. The number of hydrogen-bond donors (Lipinski definition) is 0. The summed E-state index contributed by atoms with van der Waals surface area (Å²) < 4.78 is 0. The zero-order chi connectivity index (χ0) is 43.8. The molecule has 2 fully saturated rings. The van der Waals surface area contributed by atoms with E-state index < -0.39 is 0 Å². The maximum absolute atomic E-state index is 2.97. The van der Waals surface area contributed by atoms with E-state index in [1.165, 1.54) is 135 Å². The SMILES string of the molecule is Cc1cc(C)c2c(c1)N(c1cc3c4c(c1)N1c5c(c(C)cc(C)c5C5(C)CCCCC15C)B4c1ccc(C(C)(C)C)cc1N3c1cccc(C(C)(C)C)c1)C1(C)CCCCC21C. The predicted octanol–water partition coefficient (Wildman–Crippen LogP) is 13.6. The van der Waals surface area contributed by atoms with Gasteiger partial charge in [-0.05, 0) is 170 Å². The number of aryl methyl sites for hydroxylation is 4. The molecule has 4 unspecified atom stereocenters. The Kier molecular flexibility index (Phi) is 8.22. The van der Waals surface area contributed by atoms with Crippen LogP contribution in [-0.4, -0.2) is 17.8 Å². The Morgan fingerprint density at radius 2 is 1.10 bits per heavy atom. The highest BCUT2D eigenvalue weighted by atomic mass is 15.3. The van der Waals surface area contributed by atoms with Crippen molar-refractivity contribution in [1.82, 2.24) is 0 Å². The van der Waals surface area contributed by atoms with Crippen LogP contribution >= 0.6 is 0 Å². The van der Waals surface area contributed by atoms with Crippen LogP contribution in [0.1, 0.15) is 165 Å². The molecule has 320 valence electrons. The number of nitrogens with zero attached hydrogens (tertiary/aromatic N) is 3. The average molecular weight is 820 g/mol. The lowest BCUT2D eigenvalue weighted by Crippen LogP contribution is -2.65. The molecule has 0 aromatic heterocycles. The fourth-order valence-corrected chi connectivity index (χ4v) is 14.8. The number of anilines is 7. The van der Waals surface area contributed by atoms with Gasteiger partial charge in [-0.2, -0.15) is 0 Å². The van der Waals surface area contributed by atoms with Gasteiger partial charge in [0.05, 0.1) is 11.1 Å². The van der Waals surface area contributed by atoms with Crippen LogP contribution in [0.4, 0.5) is 39.8 Å². The molecule has 5 aromatic rings. The summed E-state index contributed by atoms with van der Waals surface area (Å²) in [5.41, 5.74) is 25.8. The van der Waals surface area contributed by atoms with Gasteiger partial charge in [0, 0.05) is 50.6 Å². The molecule has 11 rings (SSSR count). The Labute approximate surface area is 374 Å². The van der Waals surface area contributed by atoms with Crippen LogP contribution in [0.25, 0.3) is 0 Å². The summed E-state index contributed by atoms with van der Waals surface area (Å²) in [5.74, 6) is 0. The summed E-state index contributed by atoms with van der Waals surface area (Å²) in [4.78, 5) is 8.57. The van der Waals surface area contributed by atoms with Gasteiger partial charge in [-0.1, -0.05) is 123 Å². The Hall–Kier alpha value is -4.44. The molecule has 0 saturated heterocycles. The number of hydrogen-bond acceptors (Lipinski definition) is 3. The third kappa shape index (κ3) is 4.96. The topological polar surface area (TPSA) is 9.72 Å². The van der Waals surface area contributed by atoms with E-state index in [2.05, 4.69) is 184 Å². The normalized spacial score (nSPS) is 26.8. The van der Waals surface area contributed by atoms with Gasteiger partial charge in [-0.15, -0.1) is 0 Å². The number of rotatable bonds is 2. The van der Waals surface area contributed by atoms with Crippen molar-refractivity contribution in [2.45, 2.75) is 181 Å². The molecule has 5 aromatic carbocycles. The van der Waals surface area contributed by atoms with Crippen LogP contribution in [-0.2, 0) is 21.7 Å². The molecule has 4 heteroatoms. The summed E-state index contributed by atoms with van der Waals surface area (Å²) in [6.07, 6.45) is 9.96. The zero-order valence-corrected chi connectivity index (χ0v) is 40.5. The minimum absolute atomic E-state index is 0.000475. The van der Waals surface area contributed by atoms with Crippen LogP contribution < -0.4 is 31.1 Å². The van der Waals surface area contributed by atoms with E-state index in [-0.39, 0.29) is 39.5 Å². The monoisotopic (exact) mass is 820 g/mol. The van der Waals surface area contributed by atoms with E-state index in [0.29, 0.717) is 0 Å². The van der Waals surface area contributed by atoms with Crippen LogP contribution in [0.5, 0.6) is 0 Å². The van der Waals surface area contributed by atoms with Crippen molar-refractivity contribution >= 4 is 62.9 Å². The fraction of sp³-hybridized carbons (Fsp3) is 0.483. The minimum atomic E-state index is -0.0609. The van der Waals surface area contributed by atoms with E-state index in [1.807, 2.05) is 0 Å². The van der Waals surface area contributed by atoms with Gasteiger partial charge in [0.25, 0.3) is 6.71 Å². The van der Waals surface area contributed by atoms with Gasteiger partial charge in [0.15, 0.2) is 0 Å². The van der Waals surface area contributed by atoms with E-state index in [0.717, 1.165) is 0 Å². The molecular weight excluding hydrogens is 749 g/mol. The third-order valence-corrected chi connectivity index (χ3v) is 18.2. The lowest BCUT2D eigenvalue weighted by atomic mass is 9.32. The van der Waals surface area contributed by atoms with Crippen LogP contribution in [0, 0.1) is 27.7 Å². The van der Waals surface area contributed by atoms with Crippen molar-refractivity contribution < 1.29 is 0 Å². The second kappa shape index (κ2) is 12.6. The standard InChI is InChI=1S/C58H70BN3/c1-35-28-36(2)48-45(29-35)61(57(13)26-17-15-24-55(48,57)11)42-33-46-51-47(34-42)62-52-49(56(12)25-16-18-27-58(56,62)14)37(3)30-38(4)50(52)59(51)43-23-22-40(54(8,9)10)32-44(43)60(46)41-21-19-20-39(31-41)53(5,6)7/h19-23,28-34H,15-18,24-27H2,1-14H3. The number of benzene rings is 5. The lowest BCUT2D eigenvalue weighted by Gasteiger charge is -2.54. The van der Waals surface area contributed by atoms with Crippen molar-refractivity contribution in [1.29, 1.82) is 0 Å². The molecular formula is C58H70BN3. The maximum Gasteiger partial charge on any atom is 0.252 e. The van der Waals surface area contributed by atoms with Crippen molar-refractivity contribution in [3.8, 4) is 0 Å². The summed E-state index contributed by atoms with van der Waals surface area (Å²) in [6, 6.07) is 30.0. The molecule has 4 heterocycles. The highest BCUT2D eigenvalue weighted by Crippen LogP contribution is 2.65. The largest absolute Gasteiger partial charge is 0.335 e. The number of fused-ring (bicyclic) bond motifs is 10. The first-order valence-corrected chi connectivity index (χ1v) is 24.2. The van der Waals surface area contributed by atoms with Crippen molar-refractivity contribution in [3.05, 3.63) is 117 Å². The van der Waals surface area contributed by atoms with Gasteiger partial charge in [0.2, 0.25) is 0 Å². The van der Waals surface area contributed by atoms with Gasteiger partial charge >= 0.3 is 0 Å². The summed E-state index contributed by atoms with van der Waals surface area (Å²) in [7, 11) is 0. The predicted molar refractivity (Wildman–Crippen MR) is 268 cm³/mol. The van der Waals surface area contributed by atoms with Crippen LogP contribution in [0.3, 0.4) is 0 Å². The average Bonchev–Trinajstić information content (AvgIpc) is 3.54. The quantitative estimate of drug-likeness (QED) is 0.161. The highest BCUT2D eigenvalue weighted by molar-refractivity contribution is 7.00. The highest BCUT2D eigenvalue weighted by Gasteiger charge is 2.63. The molecule has 6 aliphatic rings. The smallest absolute Gasteiger partial charge is 0.252 e. The molecule has 0 radical (unpaired) electrons. The fourth-order valence-electron chi connectivity index (χ4n) is 14.8. The summed E-state index contributed by atoms with van der Waals surface area (Å²) in [6.45, 7) is 34.4. The van der Waals surface area contributed by atoms with Gasteiger partial charge < -0.3 is 14.7 Å². The second-order valence-corrected chi connectivity index (χ2v) is 23.9. The molecule has 0 bridgehead atoms. The van der Waals surface area contributed by atoms with Crippen molar-refractivity contribution in [3.63, 3.8) is 0 Å². The molecule has 0 amide bonds. The summed E-state index contributed by atoms with van der Waals surface area (Å²) >= 11 is 0. The molecule has 4 aliphatic heterocycles. The van der Waals surface area contributed by atoms with E-state index in [4.69, 9.17) is 0 Å². The van der Waals surface area contributed by atoms with E-state index in [9.17, 15) is 0 Å². The Balaban J connectivity index is 1.31. The minimum Gasteiger partial charge on any atom is -0.335 e. The first-order chi connectivity index (χ1) is 29.1. The van der Waals surface area contributed by atoms with Crippen LogP contribution in [0.15, 0.2) is 72.8 Å². The molecule has 0 N–H and O–H groups in total. The maximum atomic E-state index is 2.97. The zero-order valence-electron chi connectivity index (χ0n) is 40.5. The van der Waals surface area contributed by atoms with Crippen molar-refractivity contribution in [2.24, 2.45) is 0 Å².